The average molecular weight is 220 g/mol. The summed E-state index contributed by atoms with van der Waals surface area (Å²) in [6.45, 7) is 3.87. The molecule has 88 valence electrons. The van der Waals surface area contributed by atoms with Crippen LogP contribution < -0.4 is 11.1 Å². The Balaban J connectivity index is 0.00000106. The lowest BCUT2D eigenvalue weighted by Crippen LogP contribution is -1.98. The third-order valence-electron chi connectivity index (χ3n) is 2.27. The van der Waals surface area contributed by atoms with E-state index in [0.717, 1.165) is 28.7 Å². The number of rotatable bonds is 3. The fourth-order valence-corrected chi connectivity index (χ4v) is 1.53. The Kier molecular flexibility index (Phi) is 6.88. The standard InChI is InChI=1S/C12H15NO.CH5N/c1-4-10(8-14)12-9(2)6-5-7-11(12)13-3;1-2/h4-8,13H,1-3H3;2H2,1H3/b10-4+;. The zero-order valence-electron chi connectivity index (χ0n) is 10.4. The summed E-state index contributed by atoms with van der Waals surface area (Å²) >= 11 is 0. The SMILES string of the molecule is C/C=C(\C=O)c1c(C)cccc1NC.CN. The highest BCUT2D eigenvalue weighted by atomic mass is 16.1. The van der Waals surface area contributed by atoms with Gasteiger partial charge < -0.3 is 11.1 Å². The van der Waals surface area contributed by atoms with Crippen molar-refractivity contribution in [2.45, 2.75) is 13.8 Å². The van der Waals surface area contributed by atoms with Gasteiger partial charge in [0.25, 0.3) is 0 Å². The molecule has 3 nitrogen and oxygen atoms in total. The van der Waals surface area contributed by atoms with Crippen molar-refractivity contribution >= 4 is 17.5 Å². The summed E-state index contributed by atoms with van der Waals surface area (Å²) < 4.78 is 0. The molecule has 0 saturated heterocycles. The third kappa shape index (κ3) is 3.21. The second-order valence-corrected chi connectivity index (χ2v) is 3.11. The summed E-state index contributed by atoms with van der Waals surface area (Å²) in [4.78, 5) is 10.9. The molecule has 0 heterocycles. The predicted octanol–water partition coefficient (Wildman–Crippen LogP) is 2.21. The van der Waals surface area contributed by atoms with Gasteiger partial charge in [0.05, 0.1) is 0 Å². The topological polar surface area (TPSA) is 55.1 Å². The minimum Gasteiger partial charge on any atom is -0.388 e. The van der Waals surface area contributed by atoms with Gasteiger partial charge in [0, 0.05) is 23.9 Å². The maximum atomic E-state index is 10.9. The van der Waals surface area contributed by atoms with Crippen LogP contribution >= 0.6 is 0 Å². The molecular formula is C13H20N2O. The molecule has 0 bridgehead atoms. The number of carbonyl (C=O) groups excluding carboxylic acids is 1. The van der Waals surface area contributed by atoms with E-state index in [2.05, 4.69) is 11.1 Å². The van der Waals surface area contributed by atoms with Gasteiger partial charge in [0.2, 0.25) is 0 Å². The first kappa shape index (κ1) is 14.4. The van der Waals surface area contributed by atoms with E-state index in [-0.39, 0.29) is 0 Å². The molecule has 0 aliphatic rings. The van der Waals surface area contributed by atoms with Crippen LogP contribution in [0.5, 0.6) is 0 Å². The fourth-order valence-electron chi connectivity index (χ4n) is 1.53. The highest BCUT2D eigenvalue weighted by Gasteiger charge is 2.07. The van der Waals surface area contributed by atoms with E-state index < -0.39 is 0 Å². The summed E-state index contributed by atoms with van der Waals surface area (Å²) in [6.07, 6.45) is 2.72. The van der Waals surface area contributed by atoms with Crippen LogP contribution in [0.25, 0.3) is 5.57 Å². The second kappa shape index (κ2) is 7.65. The van der Waals surface area contributed by atoms with Gasteiger partial charge in [-0.25, -0.2) is 0 Å². The minimum atomic E-state index is 0.729. The van der Waals surface area contributed by atoms with Crippen molar-refractivity contribution in [2.24, 2.45) is 5.73 Å². The number of aryl methyl sites for hydroxylation is 1. The normalized spacial score (nSPS) is 10.2. The number of aldehydes is 1. The first-order valence-electron chi connectivity index (χ1n) is 5.21. The number of benzene rings is 1. The average Bonchev–Trinajstić information content (AvgIpc) is 2.35. The molecule has 16 heavy (non-hydrogen) atoms. The van der Waals surface area contributed by atoms with E-state index in [1.54, 1.807) is 0 Å². The number of nitrogens with two attached hydrogens (primary N) is 1. The highest BCUT2D eigenvalue weighted by molar-refractivity contribution is 6.09. The number of allylic oxidation sites excluding steroid dienone is 2. The van der Waals surface area contributed by atoms with Crippen LogP contribution in [0.2, 0.25) is 0 Å². The Hall–Kier alpha value is -1.61. The molecule has 0 saturated carbocycles. The van der Waals surface area contributed by atoms with E-state index in [4.69, 9.17) is 0 Å². The van der Waals surface area contributed by atoms with Crippen molar-refractivity contribution in [1.82, 2.24) is 0 Å². The molecule has 0 fully saturated rings. The predicted molar refractivity (Wildman–Crippen MR) is 70.6 cm³/mol. The Bertz CT molecular complexity index is 370. The molecule has 0 spiro atoms. The lowest BCUT2D eigenvalue weighted by molar-refractivity contribution is -0.103. The maximum Gasteiger partial charge on any atom is 0.150 e. The molecule has 0 aromatic heterocycles. The van der Waals surface area contributed by atoms with Crippen molar-refractivity contribution in [3.63, 3.8) is 0 Å². The Morgan fingerprint density at radius 3 is 2.44 bits per heavy atom. The van der Waals surface area contributed by atoms with E-state index in [1.165, 1.54) is 7.05 Å². The van der Waals surface area contributed by atoms with E-state index in [1.807, 2.05) is 45.2 Å². The van der Waals surface area contributed by atoms with Crippen LogP contribution in [0.15, 0.2) is 24.3 Å². The summed E-state index contributed by atoms with van der Waals surface area (Å²) in [5.41, 5.74) is 8.32. The Labute approximate surface area is 97.4 Å². The summed E-state index contributed by atoms with van der Waals surface area (Å²) in [6, 6.07) is 5.95. The van der Waals surface area contributed by atoms with E-state index >= 15 is 0 Å². The number of hydrogen-bond donors (Lipinski definition) is 2. The van der Waals surface area contributed by atoms with Crippen molar-refractivity contribution < 1.29 is 4.79 Å². The Morgan fingerprint density at radius 2 is 2.00 bits per heavy atom. The second-order valence-electron chi connectivity index (χ2n) is 3.11. The largest absolute Gasteiger partial charge is 0.388 e. The molecule has 0 radical (unpaired) electrons. The van der Waals surface area contributed by atoms with E-state index in [0.29, 0.717) is 0 Å². The maximum absolute atomic E-state index is 10.9. The fraction of sp³-hybridized carbons (Fsp3) is 0.308. The molecule has 3 N–H and O–H groups in total. The van der Waals surface area contributed by atoms with Crippen molar-refractivity contribution in [1.29, 1.82) is 0 Å². The smallest absolute Gasteiger partial charge is 0.150 e. The third-order valence-corrected chi connectivity index (χ3v) is 2.27. The number of nitrogens with one attached hydrogen (secondary N) is 1. The lowest BCUT2D eigenvalue weighted by Gasteiger charge is -2.11. The minimum absolute atomic E-state index is 0.729. The molecule has 1 rings (SSSR count). The molecule has 3 heteroatoms. The zero-order valence-corrected chi connectivity index (χ0v) is 10.4. The molecule has 0 unspecified atom stereocenters. The number of anilines is 1. The monoisotopic (exact) mass is 220 g/mol. The van der Waals surface area contributed by atoms with Crippen LogP contribution in [0.1, 0.15) is 18.1 Å². The van der Waals surface area contributed by atoms with E-state index in [9.17, 15) is 4.79 Å². The first-order valence-corrected chi connectivity index (χ1v) is 5.21. The van der Waals surface area contributed by atoms with Gasteiger partial charge >= 0.3 is 0 Å². The molecule has 1 aromatic rings. The van der Waals surface area contributed by atoms with Crippen molar-refractivity contribution in [3.8, 4) is 0 Å². The van der Waals surface area contributed by atoms with Gasteiger partial charge in [0.15, 0.2) is 0 Å². The number of hydrogen-bond acceptors (Lipinski definition) is 3. The van der Waals surface area contributed by atoms with Crippen molar-refractivity contribution in [2.75, 3.05) is 19.4 Å². The van der Waals surface area contributed by atoms with Gasteiger partial charge in [-0.15, -0.1) is 0 Å². The lowest BCUT2D eigenvalue weighted by atomic mass is 9.99. The summed E-state index contributed by atoms with van der Waals surface area (Å²) in [7, 11) is 3.36. The molecule has 0 aliphatic carbocycles. The highest BCUT2D eigenvalue weighted by Crippen LogP contribution is 2.25. The molecule has 0 amide bonds. The van der Waals surface area contributed by atoms with Crippen LogP contribution in [-0.2, 0) is 4.79 Å². The zero-order chi connectivity index (χ0) is 12.6. The molecule has 0 atom stereocenters. The van der Waals surface area contributed by atoms with Crippen LogP contribution in [0.4, 0.5) is 5.69 Å². The van der Waals surface area contributed by atoms with Crippen LogP contribution in [0, 0.1) is 6.92 Å². The van der Waals surface area contributed by atoms with Gasteiger partial charge in [-0.05, 0) is 32.5 Å². The van der Waals surface area contributed by atoms with Gasteiger partial charge in [-0.2, -0.15) is 0 Å². The van der Waals surface area contributed by atoms with Crippen LogP contribution in [-0.4, -0.2) is 20.4 Å². The Morgan fingerprint density at radius 1 is 1.38 bits per heavy atom. The summed E-state index contributed by atoms with van der Waals surface area (Å²) in [5, 5.41) is 3.09. The van der Waals surface area contributed by atoms with Gasteiger partial charge in [-0.1, -0.05) is 18.2 Å². The van der Waals surface area contributed by atoms with Gasteiger partial charge in [0.1, 0.15) is 6.29 Å². The van der Waals surface area contributed by atoms with Gasteiger partial charge in [-0.3, -0.25) is 4.79 Å². The molecular weight excluding hydrogens is 200 g/mol. The summed E-state index contributed by atoms with van der Waals surface area (Å²) in [5.74, 6) is 0. The number of carbonyl (C=O) groups is 1. The van der Waals surface area contributed by atoms with Crippen LogP contribution in [0.3, 0.4) is 0 Å². The molecule has 1 aromatic carbocycles. The molecule has 0 aliphatic heterocycles. The first-order chi connectivity index (χ1) is 7.74. The quantitative estimate of drug-likeness (QED) is 0.606. The van der Waals surface area contributed by atoms with Crippen molar-refractivity contribution in [3.05, 3.63) is 35.4 Å².